The van der Waals surface area contributed by atoms with Gasteiger partial charge in [0.25, 0.3) is 0 Å². The SMILES string of the molecule is C[C@H](C(=O)Nc1ccc(C(N)=O)cc1)N1CCC(c2c[nH]c3ccccc23)CC1. The molecule has 0 saturated carbocycles. The number of rotatable bonds is 5. The number of likely N-dealkylation sites (tertiary alicyclic amines) is 1. The van der Waals surface area contributed by atoms with Crippen LogP contribution in [0.15, 0.2) is 54.7 Å². The van der Waals surface area contributed by atoms with E-state index in [1.54, 1.807) is 24.3 Å². The van der Waals surface area contributed by atoms with Crippen LogP contribution in [0.4, 0.5) is 5.69 Å². The lowest BCUT2D eigenvalue weighted by atomic mass is 9.88. The van der Waals surface area contributed by atoms with E-state index in [1.807, 2.05) is 13.0 Å². The summed E-state index contributed by atoms with van der Waals surface area (Å²) in [7, 11) is 0. The minimum atomic E-state index is -0.477. The first-order valence-corrected chi connectivity index (χ1v) is 10.0. The molecule has 0 unspecified atom stereocenters. The Balaban J connectivity index is 1.35. The number of hydrogen-bond acceptors (Lipinski definition) is 3. The first-order valence-electron chi connectivity index (χ1n) is 10.0. The molecule has 0 bridgehead atoms. The van der Waals surface area contributed by atoms with Gasteiger partial charge in [-0.1, -0.05) is 18.2 Å². The molecule has 150 valence electrons. The van der Waals surface area contributed by atoms with Gasteiger partial charge in [-0.3, -0.25) is 14.5 Å². The smallest absolute Gasteiger partial charge is 0.248 e. The second-order valence-corrected chi connectivity index (χ2v) is 7.71. The third kappa shape index (κ3) is 4.03. The largest absolute Gasteiger partial charge is 0.366 e. The lowest BCUT2D eigenvalue weighted by Crippen LogP contribution is -2.45. The molecule has 1 aromatic heterocycles. The molecule has 2 aromatic carbocycles. The highest BCUT2D eigenvalue weighted by molar-refractivity contribution is 5.96. The fourth-order valence-corrected chi connectivity index (χ4v) is 4.16. The molecule has 1 fully saturated rings. The molecule has 2 amide bonds. The zero-order chi connectivity index (χ0) is 20.4. The molecule has 4 rings (SSSR count). The molecular weight excluding hydrogens is 364 g/mol. The van der Waals surface area contributed by atoms with Crippen molar-refractivity contribution in [3.05, 3.63) is 65.9 Å². The number of anilines is 1. The molecule has 4 N–H and O–H groups in total. The summed E-state index contributed by atoms with van der Waals surface area (Å²) in [6, 6.07) is 14.8. The zero-order valence-corrected chi connectivity index (χ0v) is 16.5. The van der Waals surface area contributed by atoms with Gasteiger partial charge in [0.2, 0.25) is 11.8 Å². The predicted molar refractivity (Wildman–Crippen MR) is 115 cm³/mol. The molecule has 0 radical (unpaired) electrons. The number of para-hydroxylation sites is 1. The van der Waals surface area contributed by atoms with Crippen LogP contribution in [-0.2, 0) is 4.79 Å². The third-order valence-electron chi connectivity index (χ3n) is 5.95. The van der Waals surface area contributed by atoms with E-state index >= 15 is 0 Å². The van der Waals surface area contributed by atoms with Gasteiger partial charge in [-0.2, -0.15) is 0 Å². The summed E-state index contributed by atoms with van der Waals surface area (Å²) in [5.41, 5.74) is 8.91. The summed E-state index contributed by atoms with van der Waals surface area (Å²) in [5.74, 6) is -0.00399. The predicted octanol–water partition coefficient (Wildman–Crippen LogP) is 3.47. The van der Waals surface area contributed by atoms with E-state index in [-0.39, 0.29) is 11.9 Å². The van der Waals surface area contributed by atoms with Crippen molar-refractivity contribution in [2.24, 2.45) is 5.73 Å². The van der Waals surface area contributed by atoms with Crippen molar-refractivity contribution in [1.29, 1.82) is 0 Å². The second kappa shape index (κ2) is 8.09. The Morgan fingerprint density at radius 2 is 1.79 bits per heavy atom. The van der Waals surface area contributed by atoms with Crippen molar-refractivity contribution < 1.29 is 9.59 Å². The number of amides is 2. The van der Waals surface area contributed by atoms with Gasteiger partial charge < -0.3 is 16.0 Å². The van der Waals surface area contributed by atoms with E-state index in [9.17, 15) is 9.59 Å². The summed E-state index contributed by atoms with van der Waals surface area (Å²) < 4.78 is 0. The summed E-state index contributed by atoms with van der Waals surface area (Å²) in [4.78, 5) is 29.4. The van der Waals surface area contributed by atoms with Gasteiger partial charge in [0.15, 0.2) is 0 Å². The van der Waals surface area contributed by atoms with Crippen LogP contribution >= 0.6 is 0 Å². The average molecular weight is 390 g/mol. The molecule has 0 aliphatic carbocycles. The molecule has 1 atom stereocenters. The number of hydrogen-bond donors (Lipinski definition) is 3. The Kier molecular flexibility index (Phi) is 5.36. The highest BCUT2D eigenvalue weighted by atomic mass is 16.2. The summed E-state index contributed by atoms with van der Waals surface area (Å²) >= 11 is 0. The number of piperidine rings is 1. The number of fused-ring (bicyclic) bond motifs is 1. The van der Waals surface area contributed by atoms with Crippen molar-refractivity contribution in [3.8, 4) is 0 Å². The molecule has 0 spiro atoms. The quantitative estimate of drug-likeness (QED) is 0.623. The topological polar surface area (TPSA) is 91.2 Å². The molecule has 6 nitrogen and oxygen atoms in total. The maximum Gasteiger partial charge on any atom is 0.248 e. The number of nitrogens with one attached hydrogen (secondary N) is 2. The number of nitrogens with two attached hydrogens (primary N) is 1. The van der Waals surface area contributed by atoms with Gasteiger partial charge in [-0.25, -0.2) is 0 Å². The van der Waals surface area contributed by atoms with E-state index in [0.29, 0.717) is 17.2 Å². The van der Waals surface area contributed by atoms with Crippen LogP contribution in [0.1, 0.15) is 41.6 Å². The highest BCUT2D eigenvalue weighted by Gasteiger charge is 2.28. The van der Waals surface area contributed by atoms with Crippen molar-refractivity contribution >= 4 is 28.4 Å². The number of primary amides is 1. The van der Waals surface area contributed by atoms with Crippen LogP contribution in [0.5, 0.6) is 0 Å². The van der Waals surface area contributed by atoms with Gasteiger partial charge in [-0.15, -0.1) is 0 Å². The van der Waals surface area contributed by atoms with Crippen LogP contribution in [0, 0.1) is 0 Å². The Morgan fingerprint density at radius 1 is 1.10 bits per heavy atom. The lowest BCUT2D eigenvalue weighted by molar-refractivity contribution is -0.121. The Bertz CT molecular complexity index is 1020. The average Bonchev–Trinajstić information content (AvgIpc) is 3.18. The molecule has 2 heterocycles. The summed E-state index contributed by atoms with van der Waals surface area (Å²) in [6.45, 7) is 3.72. The number of H-pyrrole nitrogens is 1. The van der Waals surface area contributed by atoms with Crippen LogP contribution < -0.4 is 11.1 Å². The monoisotopic (exact) mass is 390 g/mol. The number of carbonyl (C=O) groups is 2. The van der Waals surface area contributed by atoms with Gasteiger partial charge in [0.05, 0.1) is 6.04 Å². The second-order valence-electron chi connectivity index (χ2n) is 7.71. The number of aromatic nitrogens is 1. The van der Waals surface area contributed by atoms with Crippen LogP contribution in [0.3, 0.4) is 0 Å². The van der Waals surface area contributed by atoms with Gasteiger partial charge in [-0.05, 0) is 74.7 Å². The standard InChI is InChI=1S/C23H26N4O2/c1-15(23(29)26-18-8-6-17(7-9-18)22(24)28)27-12-10-16(11-13-27)20-14-25-21-5-3-2-4-19(20)21/h2-9,14-16,25H,10-13H2,1H3,(H2,24,28)(H,26,29)/t15-/m1/s1. The maximum absolute atomic E-state index is 12.7. The van der Waals surface area contributed by atoms with Crippen molar-refractivity contribution in [2.45, 2.75) is 31.7 Å². The molecule has 29 heavy (non-hydrogen) atoms. The minimum absolute atomic E-state index is 0.0395. The van der Waals surface area contributed by atoms with Crippen molar-refractivity contribution in [2.75, 3.05) is 18.4 Å². The Hall–Kier alpha value is -3.12. The highest BCUT2D eigenvalue weighted by Crippen LogP contribution is 2.33. The summed E-state index contributed by atoms with van der Waals surface area (Å²) in [6.07, 6.45) is 4.20. The molecule has 1 saturated heterocycles. The summed E-state index contributed by atoms with van der Waals surface area (Å²) in [5, 5.41) is 4.23. The third-order valence-corrected chi connectivity index (χ3v) is 5.95. The first kappa shape index (κ1) is 19.2. The Morgan fingerprint density at radius 3 is 2.48 bits per heavy atom. The fourth-order valence-electron chi connectivity index (χ4n) is 4.16. The molecular formula is C23H26N4O2. The number of aromatic amines is 1. The van der Waals surface area contributed by atoms with Gasteiger partial charge in [0.1, 0.15) is 0 Å². The molecule has 1 aliphatic heterocycles. The van der Waals surface area contributed by atoms with Crippen molar-refractivity contribution in [3.63, 3.8) is 0 Å². The van der Waals surface area contributed by atoms with E-state index in [0.717, 1.165) is 25.9 Å². The number of carbonyl (C=O) groups excluding carboxylic acids is 2. The molecule has 3 aromatic rings. The van der Waals surface area contributed by atoms with Gasteiger partial charge >= 0.3 is 0 Å². The van der Waals surface area contributed by atoms with Gasteiger partial charge in [0, 0.05) is 28.4 Å². The molecule has 1 aliphatic rings. The fraction of sp³-hybridized carbons (Fsp3) is 0.304. The minimum Gasteiger partial charge on any atom is -0.366 e. The maximum atomic E-state index is 12.7. The Labute approximate surface area is 170 Å². The van der Waals surface area contributed by atoms with Crippen molar-refractivity contribution in [1.82, 2.24) is 9.88 Å². The molecule has 6 heteroatoms. The van der Waals surface area contributed by atoms with E-state index in [2.05, 4.69) is 39.6 Å². The number of benzene rings is 2. The number of nitrogens with zero attached hydrogens (tertiary/aromatic N) is 1. The lowest BCUT2D eigenvalue weighted by Gasteiger charge is -2.35. The normalized spacial score (nSPS) is 16.6. The van der Waals surface area contributed by atoms with Crippen LogP contribution in [0.25, 0.3) is 10.9 Å². The van der Waals surface area contributed by atoms with Crippen LogP contribution in [-0.4, -0.2) is 40.8 Å². The zero-order valence-electron chi connectivity index (χ0n) is 16.5. The van der Waals surface area contributed by atoms with Crippen LogP contribution in [0.2, 0.25) is 0 Å². The first-order chi connectivity index (χ1) is 14.0. The van der Waals surface area contributed by atoms with E-state index in [1.165, 1.54) is 16.5 Å². The van der Waals surface area contributed by atoms with E-state index in [4.69, 9.17) is 5.73 Å². The van der Waals surface area contributed by atoms with E-state index < -0.39 is 5.91 Å².